The van der Waals surface area contributed by atoms with Crippen LogP contribution in [0.4, 0.5) is 5.82 Å². The molecule has 0 bridgehead atoms. The molecule has 0 fully saturated rings. The molecule has 0 atom stereocenters. The van der Waals surface area contributed by atoms with E-state index in [4.69, 9.17) is 17.3 Å². The van der Waals surface area contributed by atoms with Gasteiger partial charge >= 0.3 is 0 Å². The summed E-state index contributed by atoms with van der Waals surface area (Å²) in [5, 5.41) is 0.681. The number of halogens is 1. The molecule has 0 radical (unpaired) electrons. The summed E-state index contributed by atoms with van der Waals surface area (Å²) >= 11 is 6.21. The summed E-state index contributed by atoms with van der Waals surface area (Å²) in [4.78, 5) is 4.66. The molecule has 3 nitrogen and oxygen atoms in total. The Hall–Kier alpha value is -1.48. The zero-order valence-corrected chi connectivity index (χ0v) is 11.7. The molecule has 0 amide bonds. The van der Waals surface area contributed by atoms with Crippen molar-refractivity contribution in [1.29, 1.82) is 0 Å². The molecule has 1 aromatic heterocycles. The lowest BCUT2D eigenvalue weighted by Crippen LogP contribution is -2.06. The van der Waals surface area contributed by atoms with E-state index in [1.807, 2.05) is 28.8 Å². The quantitative estimate of drug-likeness (QED) is 0.912. The fourth-order valence-corrected chi connectivity index (χ4v) is 2.33. The molecule has 1 aromatic carbocycles. The van der Waals surface area contributed by atoms with Gasteiger partial charge in [0.1, 0.15) is 17.3 Å². The molecule has 0 aliphatic heterocycles. The van der Waals surface area contributed by atoms with Crippen molar-refractivity contribution in [3.8, 4) is 11.3 Å². The summed E-state index contributed by atoms with van der Waals surface area (Å²) in [6.07, 6.45) is 0. The smallest absolute Gasteiger partial charge is 0.131 e. The van der Waals surface area contributed by atoms with Gasteiger partial charge in [-0.05, 0) is 13.0 Å². The average Bonchev–Trinajstić information content (AvgIpc) is 2.67. The number of hydrogen-bond donors (Lipinski definition) is 1. The Morgan fingerprint density at radius 2 is 2.00 bits per heavy atom. The molecule has 2 rings (SSSR count). The lowest BCUT2D eigenvalue weighted by atomic mass is 10.1. The second kappa shape index (κ2) is 5.02. The Labute approximate surface area is 113 Å². The topological polar surface area (TPSA) is 43.8 Å². The van der Waals surface area contributed by atoms with Gasteiger partial charge < -0.3 is 10.3 Å². The van der Waals surface area contributed by atoms with Gasteiger partial charge in [0, 0.05) is 18.0 Å². The molecule has 2 N–H and O–H groups in total. The van der Waals surface area contributed by atoms with Gasteiger partial charge in [-0.2, -0.15) is 0 Å². The number of nitrogens with two attached hydrogens (primary N) is 1. The number of anilines is 1. The van der Waals surface area contributed by atoms with E-state index in [2.05, 4.69) is 25.8 Å². The Morgan fingerprint density at radius 1 is 1.33 bits per heavy atom. The predicted octanol–water partition coefficient (Wildman–Crippen LogP) is 3.93. The zero-order chi connectivity index (χ0) is 13.3. The molecule has 96 valence electrons. The Bertz CT molecular complexity index is 558. The van der Waals surface area contributed by atoms with Crippen LogP contribution in [0.2, 0.25) is 5.02 Å². The Morgan fingerprint density at radius 3 is 2.50 bits per heavy atom. The summed E-state index contributed by atoms with van der Waals surface area (Å²) in [5.74, 6) is 2.03. The van der Waals surface area contributed by atoms with Gasteiger partial charge in [-0.15, -0.1) is 0 Å². The third-order valence-corrected chi connectivity index (χ3v) is 3.33. The van der Waals surface area contributed by atoms with E-state index >= 15 is 0 Å². The molecular formula is C14H18ClN3. The highest BCUT2D eigenvalue weighted by atomic mass is 35.5. The standard InChI is InChI=1S/C14H18ClN3/c1-4-18-13(16)12(17-14(18)9(2)3)10-7-5-6-8-11(10)15/h5-9H,4,16H2,1-3H3. The Kier molecular flexibility index (Phi) is 3.62. The highest BCUT2D eigenvalue weighted by Gasteiger charge is 2.18. The first-order valence-electron chi connectivity index (χ1n) is 6.17. The molecule has 18 heavy (non-hydrogen) atoms. The van der Waals surface area contributed by atoms with Crippen LogP contribution in [0, 0.1) is 0 Å². The van der Waals surface area contributed by atoms with Gasteiger partial charge in [-0.25, -0.2) is 4.98 Å². The number of rotatable bonds is 3. The second-order valence-electron chi connectivity index (χ2n) is 4.58. The van der Waals surface area contributed by atoms with E-state index < -0.39 is 0 Å². The van der Waals surface area contributed by atoms with Crippen LogP contribution in [0.15, 0.2) is 24.3 Å². The lowest BCUT2D eigenvalue weighted by molar-refractivity contribution is 0.658. The van der Waals surface area contributed by atoms with Crippen LogP contribution in [0.5, 0.6) is 0 Å². The zero-order valence-electron chi connectivity index (χ0n) is 10.9. The maximum absolute atomic E-state index is 6.21. The van der Waals surface area contributed by atoms with Crippen LogP contribution in [0.3, 0.4) is 0 Å². The van der Waals surface area contributed by atoms with E-state index in [0.29, 0.717) is 16.8 Å². The monoisotopic (exact) mass is 263 g/mol. The number of nitrogen functional groups attached to an aromatic ring is 1. The second-order valence-corrected chi connectivity index (χ2v) is 4.99. The van der Waals surface area contributed by atoms with E-state index in [1.165, 1.54) is 0 Å². The van der Waals surface area contributed by atoms with Gasteiger partial charge in [0.2, 0.25) is 0 Å². The summed E-state index contributed by atoms with van der Waals surface area (Å²) in [5.41, 5.74) is 7.87. The normalized spacial score (nSPS) is 11.2. The van der Waals surface area contributed by atoms with Gasteiger partial charge in [0.05, 0.1) is 5.02 Å². The fourth-order valence-electron chi connectivity index (χ4n) is 2.11. The van der Waals surface area contributed by atoms with Crippen molar-refractivity contribution in [3.63, 3.8) is 0 Å². The maximum Gasteiger partial charge on any atom is 0.131 e. The number of aromatic nitrogens is 2. The largest absolute Gasteiger partial charge is 0.383 e. The third kappa shape index (κ3) is 2.10. The minimum absolute atomic E-state index is 0.337. The third-order valence-electron chi connectivity index (χ3n) is 3.00. The lowest BCUT2D eigenvalue weighted by Gasteiger charge is -2.08. The molecule has 0 saturated carbocycles. The number of nitrogens with zero attached hydrogens (tertiary/aromatic N) is 2. The van der Waals surface area contributed by atoms with Crippen LogP contribution in [-0.2, 0) is 6.54 Å². The van der Waals surface area contributed by atoms with Gasteiger partial charge in [-0.1, -0.05) is 43.6 Å². The van der Waals surface area contributed by atoms with Crippen molar-refractivity contribution < 1.29 is 0 Å². The summed E-state index contributed by atoms with van der Waals surface area (Å²) in [7, 11) is 0. The van der Waals surface area contributed by atoms with Crippen LogP contribution in [0.25, 0.3) is 11.3 Å². The predicted molar refractivity (Wildman–Crippen MR) is 76.8 cm³/mol. The molecule has 0 aliphatic carbocycles. The number of benzene rings is 1. The summed E-state index contributed by atoms with van der Waals surface area (Å²) < 4.78 is 2.04. The fraction of sp³-hybridized carbons (Fsp3) is 0.357. The van der Waals surface area contributed by atoms with Gasteiger partial charge in [0.15, 0.2) is 0 Å². The molecule has 2 aromatic rings. The van der Waals surface area contributed by atoms with E-state index in [9.17, 15) is 0 Å². The summed E-state index contributed by atoms with van der Waals surface area (Å²) in [6, 6.07) is 7.66. The SMILES string of the molecule is CCn1c(C(C)C)nc(-c2ccccc2Cl)c1N. The van der Waals surface area contributed by atoms with Crippen LogP contribution >= 0.6 is 11.6 Å². The van der Waals surface area contributed by atoms with Crippen LogP contribution < -0.4 is 5.73 Å². The molecule has 0 aliphatic rings. The van der Waals surface area contributed by atoms with E-state index in [1.54, 1.807) is 0 Å². The molecular weight excluding hydrogens is 246 g/mol. The van der Waals surface area contributed by atoms with Crippen LogP contribution in [-0.4, -0.2) is 9.55 Å². The first-order chi connectivity index (χ1) is 8.56. The van der Waals surface area contributed by atoms with Crippen LogP contribution in [0.1, 0.15) is 32.5 Å². The number of imidazole rings is 1. The van der Waals surface area contributed by atoms with Gasteiger partial charge in [0.25, 0.3) is 0 Å². The molecule has 4 heteroatoms. The maximum atomic E-state index is 6.21. The van der Waals surface area contributed by atoms with Crippen molar-refractivity contribution in [2.24, 2.45) is 0 Å². The molecule has 0 saturated heterocycles. The van der Waals surface area contributed by atoms with Crippen molar-refractivity contribution in [3.05, 3.63) is 35.1 Å². The molecule has 0 spiro atoms. The summed E-state index contributed by atoms with van der Waals surface area (Å²) in [6.45, 7) is 7.12. The minimum atomic E-state index is 0.337. The Balaban J connectivity index is 2.63. The first-order valence-corrected chi connectivity index (χ1v) is 6.54. The number of hydrogen-bond acceptors (Lipinski definition) is 2. The average molecular weight is 264 g/mol. The van der Waals surface area contributed by atoms with E-state index in [-0.39, 0.29) is 0 Å². The highest BCUT2D eigenvalue weighted by molar-refractivity contribution is 6.33. The van der Waals surface area contributed by atoms with Crippen molar-refractivity contribution in [1.82, 2.24) is 9.55 Å². The van der Waals surface area contributed by atoms with Gasteiger partial charge in [-0.3, -0.25) is 0 Å². The molecule has 1 heterocycles. The van der Waals surface area contributed by atoms with Crippen molar-refractivity contribution >= 4 is 17.4 Å². The molecule has 0 unspecified atom stereocenters. The van der Waals surface area contributed by atoms with E-state index in [0.717, 1.165) is 23.6 Å². The highest BCUT2D eigenvalue weighted by Crippen LogP contribution is 2.33. The van der Waals surface area contributed by atoms with Crippen molar-refractivity contribution in [2.45, 2.75) is 33.2 Å². The minimum Gasteiger partial charge on any atom is -0.383 e. The first kappa shape index (κ1) is 13.0. The van der Waals surface area contributed by atoms with Crippen molar-refractivity contribution in [2.75, 3.05) is 5.73 Å².